The molecule has 4 heteroatoms. The molecule has 0 saturated carbocycles. The fraction of sp³-hybridized carbons (Fsp3) is 0.923. The van der Waals surface area contributed by atoms with Crippen LogP contribution in [-0.4, -0.2) is 66.6 Å². The van der Waals surface area contributed by atoms with Crippen molar-refractivity contribution in [1.82, 2.24) is 9.80 Å². The molecule has 4 nitrogen and oxygen atoms in total. The minimum Gasteiger partial charge on any atom is -0.395 e. The van der Waals surface area contributed by atoms with Crippen LogP contribution in [0.4, 0.5) is 0 Å². The van der Waals surface area contributed by atoms with Crippen LogP contribution < -0.4 is 0 Å². The predicted octanol–water partition coefficient (Wildman–Crippen LogP) is 0.602. The number of aliphatic hydroxyl groups excluding tert-OH is 1. The Kier molecular flexibility index (Phi) is 6.70. The normalized spacial score (nSPS) is 21.1. The summed E-state index contributed by atoms with van der Waals surface area (Å²) in [5.74, 6) is 0.551. The number of hydrogen-bond donors (Lipinski definition) is 1. The predicted molar refractivity (Wildman–Crippen MR) is 69.0 cm³/mol. The molecule has 1 aliphatic rings. The van der Waals surface area contributed by atoms with Gasteiger partial charge in [-0.05, 0) is 25.9 Å². The van der Waals surface area contributed by atoms with Crippen LogP contribution in [0, 0.1) is 5.92 Å². The first-order chi connectivity index (χ1) is 8.17. The van der Waals surface area contributed by atoms with E-state index >= 15 is 0 Å². The summed E-state index contributed by atoms with van der Waals surface area (Å²) in [5.41, 5.74) is 0. The molecule has 1 heterocycles. The molecule has 0 radical (unpaired) electrons. The van der Waals surface area contributed by atoms with Crippen LogP contribution in [0.1, 0.15) is 26.7 Å². The van der Waals surface area contributed by atoms with Crippen LogP contribution in [0.2, 0.25) is 0 Å². The van der Waals surface area contributed by atoms with Gasteiger partial charge in [-0.15, -0.1) is 0 Å². The fourth-order valence-corrected chi connectivity index (χ4v) is 2.15. The zero-order valence-corrected chi connectivity index (χ0v) is 11.2. The van der Waals surface area contributed by atoms with Gasteiger partial charge in [0.15, 0.2) is 0 Å². The lowest BCUT2D eigenvalue weighted by Gasteiger charge is -2.21. The zero-order chi connectivity index (χ0) is 12.7. The Bertz CT molecular complexity index is 233. The number of carbonyl (C=O) groups excluding carboxylic acids is 1. The maximum absolute atomic E-state index is 11.9. The van der Waals surface area contributed by atoms with Crippen LogP contribution in [0.25, 0.3) is 0 Å². The molecule has 0 amide bonds. The first-order valence-electron chi connectivity index (χ1n) is 6.75. The van der Waals surface area contributed by atoms with E-state index in [1.807, 2.05) is 6.92 Å². The Morgan fingerprint density at radius 1 is 1.24 bits per heavy atom. The quantitative estimate of drug-likeness (QED) is 0.741. The van der Waals surface area contributed by atoms with Crippen molar-refractivity contribution in [3.8, 4) is 0 Å². The molecule has 0 aromatic heterocycles. The highest BCUT2D eigenvalue weighted by molar-refractivity contribution is 5.82. The van der Waals surface area contributed by atoms with Crippen molar-refractivity contribution < 1.29 is 9.90 Å². The molecule has 1 aliphatic heterocycles. The Labute approximate surface area is 105 Å². The van der Waals surface area contributed by atoms with Crippen molar-refractivity contribution in [3.63, 3.8) is 0 Å². The van der Waals surface area contributed by atoms with Crippen LogP contribution in [0.15, 0.2) is 0 Å². The van der Waals surface area contributed by atoms with Gasteiger partial charge in [0.1, 0.15) is 5.78 Å². The fourth-order valence-electron chi connectivity index (χ4n) is 2.15. The van der Waals surface area contributed by atoms with Gasteiger partial charge in [-0.1, -0.05) is 13.8 Å². The third-order valence-electron chi connectivity index (χ3n) is 3.64. The molecule has 1 fully saturated rings. The number of aliphatic hydroxyl groups is 1. The van der Waals surface area contributed by atoms with E-state index in [4.69, 9.17) is 5.11 Å². The molecule has 1 rings (SSSR count). The van der Waals surface area contributed by atoms with Crippen molar-refractivity contribution in [1.29, 1.82) is 0 Å². The van der Waals surface area contributed by atoms with E-state index in [0.29, 0.717) is 12.3 Å². The molecule has 0 aromatic carbocycles. The highest BCUT2D eigenvalue weighted by Gasteiger charge is 2.18. The molecule has 1 saturated heterocycles. The third-order valence-corrected chi connectivity index (χ3v) is 3.64. The summed E-state index contributed by atoms with van der Waals surface area (Å²) < 4.78 is 0. The Balaban J connectivity index is 2.33. The van der Waals surface area contributed by atoms with Crippen molar-refractivity contribution in [2.45, 2.75) is 26.7 Å². The number of β-amino-alcohol motifs (C(OH)–C–C–N with tert-alkyl or cyclic N) is 1. The van der Waals surface area contributed by atoms with Crippen LogP contribution >= 0.6 is 0 Å². The molecular formula is C13H26N2O2. The Morgan fingerprint density at radius 2 is 1.88 bits per heavy atom. The average molecular weight is 242 g/mol. The second-order valence-corrected chi connectivity index (χ2v) is 4.97. The van der Waals surface area contributed by atoms with E-state index < -0.39 is 0 Å². The second kappa shape index (κ2) is 7.80. The van der Waals surface area contributed by atoms with Crippen molar-refractivity contribution in [3.05, 3.63) is 0 Å². The van der Waals surface area contributed by atoms with Gasteiger partial charge in [0.25, 0.3) is 0 Å². The molecule has 1 unspecified atom stereocenters. The van der Waals surface area contributed by atoms with Crippen LogP contribution in [0.5, 0.6) is 0 Å². The van der Waals surface area contributed by atoms with Gasteiger partial charge in [-0.25, -0.2) is 0 Å². The summed E-state index contributed by atoms with van der Waals surface area (Å²) in [7, 11) is 0. The lowest BCUT2D eigenvalue weighted by molar-refractivity contribution is -0.123. The van der Waals surface area contributed by atoms with Crippen molar-refractivity contribution >= 4 is 5.78 Å². The number of rotatable bonds is 6. The molecule has 0 bridgehead atoms. The molecule has 17 heavy (non-hydrogen) atoms. The van der Waals surface area contributed by atoms with Gasteiger partial charge in [-0.3, -0.25) is 14.6 Å². The number of nitrogens with zero attached hydrogens (tertiary/aromatic N) is 2. The minimum atomic E-state index is 0.187. The van der Waals surface area contributed by atoms with E-state index in [1.54, 1.807) is 0 Å². The molecular weight excluding hydrogens is 216 g/mol. The highest BCUT2D eigenvalue weighted by Crippen LogP contribution is 2.07. The standard InChI is InChI=1S/C13H26N2O2/c1-3-12(2)13(17)11-15-6-4-5-14(7-8-15)9-10-16/h12,16H,3-11H2,1-2H3. The van der Waals surface area contributed by atoms with E-state index in [9.17, 15) is 4.79 Å². The minimum absolute atomic E-state index is 0.187. The molecule has 1 atom stereocenters. The number of ketones is 1. The van der Waals surface area contributed by atoms with Gasteiger partial charge in [0, 0.05) is 25.6 Å². The summed E-state index contributed by atoms with van der Waals surface area (Å²) in [6.07, 6.45) is 2.02. The van der Waals surface area contributed by atoms with E-state index in [-0.39, 0.29) is 12.5 Å². The third kappa shape index (κ3) is 5.15. The maximum Gasteiger partial charge on any atom is 0.149 e. The van der Waals surface area contributed by atoms with E-state index in [2.05, 4.69) is 16.7 Å². The monoisotopic (exact) mass is 242 g/mol. The zero-order valence-electron chi connectivity index (χ0n) is 11.2. The van der Waals surface area contributed by atoms with E-state index in [1.165, 1.54) is 0 Å². The van der Waals surface area contributed by atoms with Gasteiger partial charge in [0.2, 0.25) is 0 Å². The van der Waals surface area contributed by atoms with Crippen LogP contribution in [0.3, 0.4) is 0 Å². The summed E-state index contributed by atoms with van der Waals surface area (Å²) in [6, 6.07) is 0. The largest absolute Gasteiger partial charge is 0.395 e. The number of carbonyl (C=O) groups is 1. The molecule has 100 valence electrons. The maximum atomic E-state index is 11.9. The smallest absolute Gasteiger partial charge is 0.149 e. The molecule has 0 aromatic rings. The van der Waals surface area contributed by atoms with Crippen molar-refractivity contribution in [2.24, 2.45) is 5.92 Å². The summed E-state index contributed by atoms with van der Waals surface area (Å²) in [6.45, 7) is 9.61. The topological polar surface area (TPSA) is 43.8 Å². The summed E-state index contributed by atoms with van der Waals surface area (Å²) in [4.78, 5) is 16.4. The van der Waals surface area contributed by atoms with Gasteiger partial charge < -0.3 is 5.11 Å². The summed E-state index contributed by atoms with van der Waals surface area (Å²) >= 11 is 0. The van der Waals surface area contributed by atoms with Gasteiger partial charge >= 0.3 is 0 Å². The molecule has 1 N–H and O–H groups in total. The molecule has 0 spiro atoms. The summed E-state index contributed by atoms with van der Waals surface area (Å²) in [5, 5.41) is 8.92. The first-order valence-corrected chi connectivity index (χ1v) is 6.75. The SMILES string of the molecule is CCC(C)C(=O)CN1CCCN(CCO)CC1. The lowest BCUT2D eigenvalue weighted by atomic mass is 10.0. The Hall–Kier alpha value is -0.450. The van der Waals surface area contributed by atoms with Gasteiger partial charge in [0.05, 0.1) is 13.2 Å². The number of hydrogen-bond acceptors (Lipinski definition) is 4. The van der Waals surface area contributed by atoms with E-state index in [0.717, 1.165) is 45.6 Å². The molecule has 0 aliphatic carbocycles. The average Bonchev–Trinajstić information content (AvgIpc) is 2.54. The lowest BCUT2D eigenvalue weighted by Crippen LogP contribution is -2.36. The van der Waals surface area contributed by atoms with Gasteiger partial charge in [-0.2, -0.15) is 0 Å². The second-order valence-electron chi connectivity index (χ2n) is 4.97. The van der Waals surface area contributed by atoms with Crippen molar-refractivity contribution in [2.75, 3.05) is 45.9 Å². The van der Waals surface area contributed by atoms with Crippen LogP contribution in [-0.2, 0) is 4.79 Å². The first kappa shape index (κ1) is 14.6. The highest BCUT2D eigenvalue weighted by atomic mass is 16.3. The Morgan fingerprint density at radius 3 is 2.53 bits per heavy atom. The number of Topliss-reactive ketones (excluding diaryl/α,β-unsaturated/α-hetero) is 1.